The van der Waals surface area contributed by atoms with Crippen molar-refractivity contribution < 1.29 is 5.11 Å². The van der Waals surface area contributed by atoms with E-state index >= 15 is 0 Å². The second-order valence-corrected chi connectivity index (χ2v) is 7.17. The van der Waals surface area contributed by atoms with Gasteiger partial charge < -0.3 is 10.4 Å². The molecule has 2 unspecified atom stereocenters. The molecule has 1 fully saturated rings. The highest BCUT2D eigenvalue weighted by Gasteiger charge is 2.20. The van der Waals surface area contributed by atoms with Gasteiger partial charge in [0.2, 0.25) is 0 Å². The summed E-state index contributed by atoms with van der Waals surface area (Å²) in [5.74, 6) is 0.562. The molecule has 0 amide bonds. The zero-order valence-corrected chi connectivity index (χ0v) is 15.0. The molecule has 1 aromatic carbocycles. The van der Waals surface area contributed by atoms with E-state index in [0.717, 1.165) is 43.6 Å². The Morgan fingerprint density at radius 1 is 1.29 bits per heavy atom. The second-order valence-electron chi connectivity index (χ2n) is 6.82. The fourth-order valence-corrected chi connectivity index (χ4v) is 3.80. The van der Waals surface area contributed by atoms with Crippen LogP contribution in [-0.2, 0) is 13.1 Å². The van der Waals surface area contributed by atoms with Crippen molar-refractivity contribution in [3.05, 3.63) is 52.3 Å². The number of nitrogens with one attached hydrogen (secondary N) is 1. The van der Waals surface area contributed by atoms with Crippen LogP contribution in [0.3, 0.4) is 0 Å². The fraction of sp³-hybridized carbons (Fsp3) is 0.526. The van der Waals surface area contributed by atoms with Crippen LogP contribution < -0.4 is 5.32 Å². The lowest BCUT2D eigenvalue weighted by atomic mass is 9.87. The van der Waals surface area contributed by atoms with Gasteiger partial charge in [0.05, 0.1) is 18.3 Å². The lowest BCUT2D eigenvalue weighted by Crippen LogP contribution is -2.29. The minimum absolute atomic E-state index is 0.121. The van der Waals surface area contributed by atoms with Crippen molar-refractivity contribution >= 4 is 11.6 Å². The normalized spacial score (nSPS) is 21.1. The third-order valence-electron chi connectivity index (χ3n) is 4.85. The van der Waals surface area contributed by atoms with Gasteiger partial charge in [-0.25, -0.2) is 4.68 Å². The van der Waals surface area contributed by atoms with Crippen molar-refractivity contribution in [3.63, 3.8) is 0 Å². The highest BCUT2D eigenvalue weighted by Crippen LogP contribution is 2.24. The molecule has 0 saturated heterocycles. The van der Waals surface area contributed by atoms with E-state index in [1.807, 2.05) is 29.8 Å². The van der Waals surface area contributed by atoms with Crippen LogP contribution in [0.4, 0.5) is 0 Å². The number of benzene rings is 1. The molecule has 0 bridgehead atoms. The van der Waals surface area contributed by atoms with E-state index in [1.54, 1.807) is 0 Å². The van der Waals surface area contributed by atoms with Gasteiger partial charge in [-0.15, -0.1) is 0 Å². The first-order valence-electron chi connectivity index (χ1n) is 8.78. The standard InChI is InChI=1S/C19H26ClN3O/c1-14-18(12-21-11-16-8-5-9-17(24)10-16)19(20)23(22-14)13-15-6-3-2-4-7-15/h2-4,6-7,16-17,21,24H,5,8-13H2,1H3. The third kappa shape index (κ3) is 4.38. The van der Waals surface area contributed by atoms with Crippen molar-refractivity contribution in [2.45, 2.75) is 51.8 Å². The van der Waals surface area contributed by atoms with Crippen molar-refractivity contribution in [2.24, 2.45) is 5.92 Å². The SMILES string of the molecule is Cc1nn(Cc2ccccc2)c(Cl)c1CNCC1CCCC(O)C1. The number of hydrogen-bond acceptors (Lipinski definition) is 3. The zero-order chi connectivity index (χ0) is 16.9. The minimum Gasteiger partial charge on any atom is -0.393 e. The van der Waals surface area contributed by atoms with E-state index in [9.17, 15) is 5.11 Å². The number of aromatic nitrogens is 2. The fourth-order valence-electron chi connectivity index (χ4n) is 3.50. The summed E-state index contributed by atoms with van der Waals surface area (Å²) >= 11 is 6.54. The number of rotatable bonds is 6. The maximum atomic E-state index is 9.77. The van der Waals surface area contributed by atoms with Gasteiger partial charge >= 0.3 is 0 Å². The summed E-state index contributed by atoms with van der Waals surface area (Å²) in [5.41, 5.74) is 3.24. The van der Waals surface area contributed by atoms with E-state index < -0.39 is 0 Å². The lowest BCUT2D eigenvalue weighted by molar-refractivity contribution is 0.101. The molecule has 2 N–H and O–H groups in total. The predicted octanol–water partition coefficient (Wildman–Crippen LogP) is 3.53. The monoisotopic (exact) mass is 347 g/mol. The minimum atomic E-state index is -0.121. The lowest BCUT2D eigenvalue weighted by Gasteiger charge is -2.26. The number of aryl methyl sites for hydroxylation is 1. The van der Waals surface area contributed by atoms with Crippen LogP contribution in [0.5, 0.6) is 0 Å². The van der Waals surface area contributed by atoms with Gasteiger partial charge in [0.25, 0.3) is 0 Å². The molecule has 5 heteroatoms. The molecule has 0 radical (unpaired) electrons. The Morgan fingerprint density at radius 2 is 2.08 bits per heavy atom. The van der Waals surface area contributed by atoms with Crippen LogP contribution >= 0.6 is 11.6 Å². The van der Waals surface area contributed by atoms with Crippen molar-refractivity contribution in [1.29, 1.82) is 0 Å². The van der Waals surface area contributed by atoms with Crippen LogP contribution in [0, 0.1) is 12.8 Å². The van der Waals surface area contributed by atoms with Gasteiger partial charge in [-0.3, -0.25) is 0 Å². The molecule has 1 aliphatic carbocycles. The molecule has 3 rings (SSSR count). The smallest absolute Gasteiger partial charge is 0.132 e. The molecule has 1 aromatic heterocycles. The molecule has 130 valence electrons. The molecule has 2 aromatic rings. The Labute approximate surface area is 148 Å². The first kappa shape index (κ1) is 17.5. The largest absolute Gasteiger partial charge is 0.393 e. The second kappa shape index (κ2) is 8.15. The average molecular weight is 348 g/mol. The summed E-state index contributed by atoms with van der Waals surface area (Å²) in [5, 5.41) is 18.6. The van der Waals surface area contributed by atoms with Crippen LogP contribution in [0.1, 0.15) is 42.5 Å². The quantitative estimate of drug-likeness (QED) is 0.840. The zero-order valence-electron chi connectivity index (χ0n) is 14.2. The van der Waals surface area contributed by atoms with Gasteiger partial charge in [0.1, 0.15) is 5.15 Å². The number of hydrogen-bond donors (Lipinski definition) is 2. The highest BCUT2D eigenvalue weighted by atomic mass is 35.5. The van der Waals surface area contributed by atoms with Crippen LogP contribution in [0.25, 0.3) is 0 Å². The summed E-state index contributed by atoms with van der Waals surface area (Å²) in [6.45, 7) is 4.35. The molecule has 2 atom stereocenters. The molecule has 1 aliphatic rings. The summed E-state index contributed by atoms with van der Waals surface area (Å²) in [6.07, 6.45) is 4.07. The molecule has 0 aliphatic heterocycles. The molecule has 1 heterocycles. The van der Waals surface area contributed by atoms with E-state index in [2.05, 4.69) is 22.5 Å². The average Bonchev–Trinajstić information content (AvgIpc) is 2.83. The van der Waals surface area contributed by atoms with Crippen molar-refractivity contribution in [1.82, 2.24) is 15.1 Å². The van der Waals surface area contributed by atoms with Gasteiger partial charge in [0, 0.05) is 12.1 Å². The molecular weight excluding hydrogens is 322 g/mol. The summed E-state index contributed by atoms with van der Waals surface area (Å²) in [7, 11) is 0. The Bertz CT molecular complexity index is 656. The van der Waals surface area contributed by atoms with Crippen molar-refractivity contribution in [3.8, 4) is 0 Å². The summed E-state index contributed by atoms with van der Waals surface area (Å²) in [6, 6.07) is 10.2. The number of aliphatic hydroxyl groups excluding tert-OH is 1. The summed E-state index contributed by atoms with van der Waals surface area (Å²) < 4.78 is 1.87. The Hall–Kier alpha value is -1.36. The molecular formula is C19H26ClN3O. The molecule has 4 nitrogen and oxygen atoms in total. The maximum Gasteiger partial charge on any atom is 0.132 e. The van der Waals surface area contributed by atoms with E-state index in [0.29, 0.717) is 17.6 Å². The van der Waals surface area contributed by atoms with Crippen LogP contribution in [-0.4, -0.2) is 27.5 Å². The maximum absolute atomic E-state index is 9.77. The Kier molecular flexibility index (Phi) is 5.93. The first-order chi connectivity index (χ1) is 11.6. The number of nitrogens with zero attached hydrogens (tertiary/aromatic N) is 2. The molecule has 1 saturated carbocycles. The Morgan fingerprint density at radius 3 is 2.83 bits per heavy atom. The van der Waals surface area contributed by atoms with Crippen LogP contribution in [0.15, 0.2) is 30.3 Å². The number of halogens is 1. The van der Waals surface area contributed by atoms with Gasteiger partial charge in [-0.1, -0.05) is 48.4 Å². The van der Waals surface area contributed by atoms with Gasteiger partial charge in [-0.05, 0) is 44.2 Å². The first-order valence-corrected chi connectivity index (χ1v) is 9.15. The summed E-state index contributed by atoms with van der Waals surface area (Å²) in [4.78, 5) is 0. The van der Waals surface area contributed by atoms with Gasteiger partial charge in [0.15, 0.2) is 0 Å². The topological polar surface area (TPSA) is 50.1 Å². The van der Waals surface area contributed by atoms with Crippen molar-refractivity contribution in [2.75, 3.05) is 6.54 Å². The molecule has 0 spiro atoms. The molecule has 24 heavy (non-hydrogen) atoms. The number of aliphatic hydroxyl groups is 1. The van der Waals surface area contributed by atoms with Gasteiger partial charge in [-0.2, -0.15) is 5.10 Å². The highest BCUT2D eigenvalue weighted by molar-refractivity contribution is 6.30. The predicted molar refractivity (Wildman–Crippen MR) is 97.2 cm³/mol. The van der Waals surface area contributed by atoms with Crippen LogP contribution in [0.2, 0.25) is 5.15 Å². The van der Waals surface area contributed by atoms with E-state index in [1.165, 1.54) is 12.0 Å². The van der Waals surface area contributed by atoms with E-state index in [-0.39, 0.29) is 6.10 Å². The Balaban J connectivity index is 1.58. The third-order valence-corrected chi connectivity index (χ3v) is 5.27. The van der Waals surface area contributed by atoms with E-state index in [4.69, 9.17) is 11.6 Å².